The highest BCUT2D eigenvalue weighted by Crippen LogP contribution is 2.18. The molecule has 0 atom stereocenters. The van der Waals surface area contributed by atoms with Crippen LogP contribution in [-0.4, -0.2) is 15.0 Å². The second kappa shape index (κ2) is 4.29. The van der Waals surface area contributed by atoms with Crippen molar-refractivity contribution in [2.75, 3.05) is 0 Å². The standard InChI is InChI=1S/C13H21N3/c1-12(2,3)8-7-9-16-10-11(14-15-16)13(4,5)6/h10H,9H2,1-6H3. The predicted molar refractivity (Wildman–Crippen MR) is 66.0 cm³/mol. The van der Waals surface area contributed by atoms with E-state index in [1.165, 1.54) is 0 Å². The van der Waals surface area contributed by atoms with Gasteiger partial charge < -0.3 is 0 Å². The van der Waals surface area contributed by atoms with E-state index in [4.69, 9.17) is 0 Å². The molecule has 1 rings (SSSR count). The highest BCUT2D eigenvalue weighted by atomic mass is 15.4. The summed E-state index contributed by atoms with van der Waals surface area (Å²) in [5.74, 6) is 6.30. The molecule has 0 spiro atoms. The number of rotatable bonds is 1. The van der Waals surface area contributed by atoms with Gasteiger partial charge in [-0.15, -0.1) is 5.10 Å². The fourth-order valence-electron chi connectivity index (χ4n) is 1.11. The van der Waals surface area contributed by atoms with Crippen LogP contribution in [0.4, 0.5) is 0 Å². The molecule has 0 radical (unpaired) electrons. The summed E-state index contributed by atoms with van der Waals surface area (Å²) in [7, 11) is 0. The minimum absolute atomic E-state index is 0.0490. The molecule has 0 aliphatic rings. The Kier molecular flexibility index (Phi) is 3.42. The van der Waals surface area contributed by atoms with Gasteiger partial charge >= 0.3 is 0 Å². The SMILES string of the molecule is CC(C)(C)C#CCn1cc(C(C)(C)C)nn1. The minimum atomic E-state index is 0.0490. The van der Waals surface area contributed by atoms with Crippen molar-refractivity contribution in [3.8, 4) is 11.8 Å². The lowest BCUT2D eigenvalue weighted by Crippen LogP contribution is -2.11. The lowest BCUT2D eigenvalue weighted by Gasteiger charge is -2.12. The van der Waals surface area contributed by atoms with Crippen LogP contribution in [0, 0.1) is 17.3 Å². The molecule has 0 N–H and O–H groups in total. The second-order valence-corrected chi connectivity index (χ2v) is 6.10. The zero-order valence-corrected chi connectivity index (χ0v) is 11.1. The maximum atomic E-state index is 4.15. The quantitative estimate of drug-likeness (QED) is 0.680. The molecule has 0 fully saturated rings. The summed E-state index contributed by atoms with van der Waals surface area (Å²) in [5, 5.41) is 8.21. The molecule has 0 amide bonds. The van der Waals surface area contributed by atoms with E-state index in [0.29, 0.717) is 6.54 Å². The van der Waals surface area contributed by atoms with Crippen molar-refractivity contribution in [1.82, 2.24) is 15.0 Å². The Morgan fingerprint density at radius 2 is 1.81 bits per heavy atom. The van der Waals surface area contributed by atoms with Gasteiger partial charge in [0.15, 0.2) is 0 Å². The fraction of sp³-hybridized carbons (Fsp3) is 0.692. The molecule has 1 aromatic heterocycles. The van der Waals surface area contributed by atoms with Gasteiger partial charge in [-0.1, -0.05) is 37.8 Å². The molecule has 0 unspecified atom stereocenters. The molecule has 0 saturated heterocycles. The molecule has 0 aromatic carbocycles. The van der Waals surface area contributed by atoms with Crippen molar-refractivity contribution >= 4 is 0 Å². The van der Waals surface area contributed by atoms with Crippen LogP contribution in [-0.2, 0) is 12.0 Å². The average Bonchev–Trinajstić information content (AvgIpc) is 2.49. The summed E-state index contributed by atoms with van der Waals surface area (Å²) in [6, 6.07) is 0. The normalized spacial score (nSPS) is 12.1. The van der Waals surface area contributed by atoms with Crippen LogP contribution < -0.4 is 0 Å². The summed E-state index contributed by atoms with van der Waals surface area (Å²) in [6.45, 7) is 13.3. The zero-order valence-electron chi connectivity index (χ0n) is 11.1. The summed E-state index contributed by atoms with van der Waals surface area (Å²) in [5.41, 5.74) is 1.11. The van der Waals surface area contributed by atoms with Gasteiger partial charge in [-0.3, -0.25) is 0 Å². The Hall–Kier alpha value is -1.30. The van der Waals surface area contributed by atoms with E-state index in [2.05, 4.69) is 63.7 Å². The highest BCUT2D eigenvalue weighted by molar-refractivity contribution is 5.09. The van der Waals surface area contributed by atoms with Crippen LogP contribution in [0.25, 0.3) is 0 Å². The number of hydrogen-bond donors (Lipinski definition) is 0. The molecular weight excluding hydrogens is 198 g/mol. The van der Waals surface area contributed by atoms with Crippen molar-refractivity contribution in [2.24, 2.45) is 5.41 Å². The summed E-state index contributed by atoms with van der Waals surface area (Å²) in [4.78, 5) is 0. The molecule has 3 heteroatoms. The Labute approximate surface area is 98.2 Å². The van der Waals surface area contributed by atoms with Crippen LogP contribution in [0.15, 0.2) is 6.20 Å². The smallest absolute Gasteiger partial charge is 0.103 e. The monoisotopic (exact) mass is 219 g/mol. The fourth-order valence-corrected chi connectivity index (χ4v) is 1.11. The summed E-state index contributed by atoms with van der Waals surface area (Å²) >= 11 is 0. The maximum absolute atomic E-state index is 4.15. The Bertz CT molecular complexity index is 405. The van der Waals surface area contributed by atoms with Gasteiger partial charge in [-0.2, -0.15) is 0 Å². The molecule has 3 nitrogen and oxygen atoms in total. The molecule has 88 valence electrons. The average molecular weight is 219 g/mol. The van der Waals surface area contributed by atoms with Gasteiger partial charge in [0.05, 0.1) is 11.9 Å². The Balaban J connectivity index is 2.70. The van der Waals surface area contributed by atoms with E-state index < -0.39 is 0 Å². The molecule has 1 aromatic rings. The Morgan fingerprint density at radius 1 is 1.19 bits per heavy atom. The van der Waals surface area contributed by atoms with Gasteiger partial charge in [-0.05, 0) is 20.8 Å². The third-order valence-corrected chi connectivity index (χ3v) is 2.01. The number of nitrogens with zero attached hydrogens (tertiary/aromatic N) is 3. The van der Waals surface area contributed by atoms with Gasteiger partial charge in [0.25, 0.3) is 0 Å². The largest absolute Gasteiger partial charge is 0.240 e. The van der Waals surface area contributed by atoms with Crippen molar-refractivity contribution in [1.29, 1.82) is 0 Å². The molecule has 0 bridgehead atoms. The lowest BCUT2D eigenvalue weighted by molar-refractivity contribution is 0.566. The third-order valence-electron chi connectivity index (χ3n) is 2.01. The van der Waals surface area contributed by atoms with E-state index in [-0.39, 0.29) is 10.8 Å². The molecule has 0 aliphatic heterocycles. The van der Waals surface area contributed by atoms with E-state index in [1.54, 1.807) is 4.68 Å². The van der Waals surface area contributed by atoms with Crippen LogP contribution in [0.1, 0.15) is 47.2 Å². The van der Waals surface area contributed by atoms with Gasteiger partial charge in [0.2, 0.25) is 0 Å². The first-order chi connectivity index (χ1) is 7.18. The molecule has 16 heavy (non-hydrogen) atoms. The van der Waals surface area contributed by atoms with Crippen LogP contribution >= 0.6 is 0 Å². The van der Waals surface area contributed by atoms with Crippen LogP contribution in [0.5, 0.6) is 0 Å². The number of aromatic nitrogens is 3. The van der Waals surface area contributed by atoms with Crippen LogP contribution in [0.3, 0.4) is 0 Å². The lowest BCUT2D eigenvalue weighted by atomic mass is 9.93. The first-order valence-corrected chi connectivity index (χ1v) is 5.59. The third kappa shape index (κ3) is 4.06. The first-order valence-electron chi connectivity index (χ1n) is 5.59. The zero-order chi connectivity index (χ0) is 12.4. The van der Waals surface area contributed by atoms with Crippen molar-refractivity contribution < 1.29 is 0 Å². The van der Waals surface area contributed by atoms with Gasteiger partial charge in [-0.25, -0.2) is 4.68 Å². The Morgan fingerprint density at radius 3 is 2.25 bits per heavy atom. The number of hydrogen-bond acceptors (Lipinski definition) is 2. The predicted octanol–water partition coefficient (Wildman–Crippen LogP) is 2.63. The molecule has 0 aliphatic carbocycles. The molecular formula is C13H21N3. The van der Waals surface area contributed by atoms with Crippen LogP contribution in [0.2, 0.25) is 0 Å². The van der Waals surface area contributed by atoms with Gasteiger partial charge in [0, 0.05) is 10.8 Å². The van der Waals surface area contributed by atoms with Gasteiger partial charge in [0.1, 0.15) is 6.54 Å². The molecule has 0 saturated carbocycles. The maximum Gasteiger partial charge on any atom is 0.103 e. The van der Waals surface area contributed by atoms with Crippen molar-refractivity contribution in [2.45, 2.75) is 53.5 Å². The highest BCUT2D eigenvalue weighted by Gasteiger charge is 2.17. The van der Waals surface area contributed by atoms with E-state index in [0.717, 1.165) is 5.69 Å². The van der Waals surface area contributed by atoms with E-state index in [9.17, 15) is 0 Å². The topological polar surface area (TPSA) is 30.7 Å². The molecule has 1 heterocycles. The van der Waals surface area contributed by atoms with E-state index >= 15 is 0 Å². The van der Waals surface area contributed by atoms with E-state index in [1.807, 2.05) is 6.20 Å². The summed E-state index contributed by atoms with van der Waals surface area (Å²) in [6.07, 6.45) is 1.97. The summed E-state index contributed by atoms with van der Waals surface area (Å²) < 4.78 is 1.79. The minimum Gasteiger partial charge on any atom is -0.240 e. The van der Waals surface area contributed by atoms with Crippen molar-refractivity contribution in [3.05, 3.63) is 11.9 Å². The van der Waals surface area contributed by atoms with Crippen molar-refractivity contribution in [3.63, 3.8) is 0 Å². The second-order valence-electron chi connectivity index (χ2n) is 6.10. The first kappa shape index (κ1) is 12.8.